The Hall–Kier alpha value is -2.89. The maximum absolute atomic E-state index is 6.01. The highest BCUT2D eigenvalue weighted by atomic mass is 16.5. The van der Waals surface area contributed by atoms with Crippen LogP contribution in [-0.4, -0.2) is 19.2 Å². The summed E-state index contributed by atoms with van der Waals surface area (Å²) in [5, 5.41) is 3.50. The summed E-state index contributed by atoms with van der Waals surface area (Å²) in [6.07, 6.45) is 1.77. The molecule has 0 atom stereocenters. The lowest BCUT2D eigenvalue weighted by molar-refractivity contribution is 0.184. The first kappa shape index (κ1) is 19.9. The van der Waals surface area contributed by atoms with Crippen molar-refractivity contribution in [3.05, 3.63) is 89.2 Å². The van der Waals surface area contributed by atoms with Gasteiger partial charge in [-0.15, -0.1) is 0 Å². The van der Waals surface area contributed by atoms with Crippen molar-refractivity contribution in [3.63, 3.8) is 0 Å². The molecule has 0 aliphatic carbocycles. The van der Waals surface area contributed by atoms with Crippen molar-refractivity contribution in [2.24, 2.45) is 0 Å². The zero-order valence-electron chi connectivity index (χ0n) is 16.4. The van der Waals surface area contributed by atoms with Crippen molar-refractivity contribution in [1.29, 1.82) is 0 Å². The number of benzene rings is 2. The Labute approximate surface area is 166 Å². The minimum Gasteiger partial charge on any atom is -0.497 e. The molecule has 146 valence electrons. The molecule has 28 heavy (non-hydrogen) atoms. The van der Waals surface area contributed by atoms with E-state index in [4.69, 9.17) is 14.2 Å². The second-order valence-corrected chi connectivity index (χ2v) is 6.39. The second-order valence-electron chi connectivity index (χ2n) is 6.39. The lowest BCUT2D eigenvalue weighted by atomic mass is 10.1. The average molecular weight is 378 g/mol. The van der Waals surface area contributed by atoms with E-state index in [1.54, 1.807) is 20.4 Å². The monoisotopic (exact) mass is 378 g/mol. The molecule has 1 N–H and O–H groups in total. The van der Waals surface area contributed by atoms with E-state index in [0.29, 0.717) is 19.8 Å². The molecule has 5 nitrogen and oxygen atoms in total. The van der Waals surface area contributed by atoms with Gasteiger partial charge in [-0.1, -0.05) is 30.3 Å². The number of hydrogen-bond donors (Lipinski definition) is 1. The van der Waals surface area contributed by atoms with Crippen molar-refractivity contribution in [2.45, 2.75) is 26.3 Å². The Morgan fingerprint density at radius 1 is 0.821 bits per heavy atom. The summed E-state index contributed by atoms with van der Waals surface area (Å²) in [5.74, 6) is 1.63. The normalized spacial score (nSPS) is 10.6. The van der Waals surface area contributed by atoms with Crippen LogP contribution in [0.1, 0.15) is 22.4 Å². The standard InChI is InChI=1S/C23H26N2O3/c1-26-16-19-8-4-3-7-18(19)14-24-15-20-13-22(27-2)10-11-23(20)28-17-21-9-5-6-12-25-21/h3-13,24H,14-17H2,1-2H3. The fourth-order valence-electron chi connectivity index (χ4n) is 2.96. The summed E-state index contributed by atoms with van der Waals surface area (Å²) < 4.78 is 16.7. The first-order chi connectivity index (χ1) is 13.8. The third-order valence-corrected chi connectivity index (χ3v) is 4.42. The van der Waals surface area contributed by atoms with Crippen LogP contribution >= 0.6 is 0 Å². The first-order valence-electron chi connectivity index (χ1n) is 9.26. The number of hydrogen-bond acceptors (Lipinski definition) is 5. The first-order valence-corrected chi connectivity index (χ1v) is 9.26. The minimum atomic E-state index is 0.427. The van der Waals surface area contributed by atoms with Crippen molar-refractivity contribution in [2.75, 3.05) is 14.2 Å². The zero-order chi connectivity index (χ0) is 19.6. The van der Waals surface area contributed by atoms with Gasteiger partial charge in [0, 0.05) is 32.0 Å². The molecule has 0 radical (unpaired) electrons. The van der Waals surface area contributed by atoms with Crippen molar-refractivity contribution in [1.82, 2.24) is 10.3 Å². The van der Waals surface area contributed by atoms with Gasteiger partial charge in [-0.2, -0.15) is 0 Å². The summed E-state index contributed by atoms with van der Waals surface area (Å²) in [7, 11) is 3.38. The number of nitrogens with zero attached hydrogens (tertiary/aromatic N) is 1. The molecule has 5 heteroatoms. The minimum absolute atomic E-state index is 0.427. The van der Waals surface area contributed by atoms with Crippen LogP contribution in [0.4, 0.5) is 0 Å². The summed E-state index contributed by atoms with van der Waals surface area (Å²) in [6, 6.07) is 19.9. The smallest absolute Gasteiger partial charge is 0.130 e. The summed E-state index contributed by atoms with van der Waals surface area (Å²) in [5.41, 5.74) is 4.35. The molecule has 1 heterocycles. The van der Waals surface area contributed by atoms with E-state index in [9.17, 15) is 0 Å². The van der Waals surface area contributed by atoms with Crippen molar-refractivity contribution in [3.8, 4) is 11.5 Å². The van der Waals surface area contributed by atoms with E-state index >= 15 is 0 Å². The van der Waals surface area contributed by atoms with E-state index in [0.717, 1.165) is 29.3 Å². The highest BCUT2D eigenvalue weighted by Gasteiger charge is 2.08. The Bertz CT molecular complexity index is 869. The summed E-state index contributed by atoms with van der Waals surface area (Å²) in [4.78, 5) is 4.31. The molecule has 1 aromatic heterocycles. The molecule has 0 saturated carbocycles. The molecule has 2 aromatic carbocycles. The maximum atomic E-state index is 6.01. The molecule has 0 saturated heterocycles. The molecule has 3 rings (SSSR count). The predicted molar refractivity (Wildman–Crippen MR) is 109 cm³/mol. The maximum Gasteiger partial charge on any atom is 0.130 e. The second kappa shape index (κ2) is 10.4. The summed E-state index contributed by atoms with van der Waals surface area (Å²) in [6.45, 7) is 2.44. The van der Waals surface area contributed by atoms with Crippen LogP contribution in [0.15, 0.2) is 66.9 Å². The van der Waals surface area contributed by atoms with Gasteiger partial charge in [0.1, 0.15) is 18.1 Å². The van der Waals surface area contributed by atoms with Crippen LogP contribution in [0.2, 0.25) is 0 Å². The molecular weight excluding hydrogens is 352 g/mol. The van der Waals surface area contributed by atoms with Crippen LogP contribution < -0.4 is 14.8 Å². The topological polar surface area (TPSA) is 52.6 Å². The highest BCUT2D eigenvalue weighted by molar-refractivity contribution is 5.40. The Balaban J connectivity index is 1.66. The van der Waals surface area contributed by atoms with E-state index < -0.39 is 0 Å². The number of ether oxygens (including phenoxy) is 3. The Kier molecular flexibility index (Phi) is 7.41. The van der Waals surface area contributed by atoms with Crippen molar-refractivity contribution >= 4 is 0 Å². The van der Waals surface area contributed by atoms with Gasteiger partial charge in [0.2, 0.25) is 0 Å². The van der Waals surface area contributed by atoms with Gasteiger partial charge in [0.25, 0.3) is 0 Å². The number of aromatic nitrogens is 1. The highest BCUT2D eigenvalue weighted by Crippen LogP contribution is 2.25. The van der Waals surface area contributed by atoms with Crippen LogP contribution in [0, 0.1) is 0 Å². The van der Waals surface area contributed by atoms with Gasteiger partial charge in [0.05, 0.1) is 19.4 Å². The number of rotatable bonds is 10. The van der Waals surface area contributed by atoms with Gasteiger partial charge in [0.15, 0.2) is 0 Å². The lowest BCUT2D eigenvalue weighted by Gasteiger charge is -2.14. The molecule has 3 aromatic rings. The molecule has 0 fully saturated rings. The van der Waals surface area contributed by atoms with Crippen molar-refractivity contribution < 1.29 is 14.2 Å². The molecule has 0 bridgehead atoms. The molecule has 0 spiro atoms. The van der Waals surface area contributed by atoms with Gasteiger partial charge in [-0.05, 0) is 41.5 Å². The molecule has 0 aliphatic rings. The quantitative estimate of drug-likeness (QED) is 0.575. The number of nitrogens with one attached hydrogen (secondary N) is 1. The van der Waals surface area contributed by atoms with Gasteiger partial charge >= 0.3 is 0 Å². The fourth-order valence-corrected chi connectivity index (χ4v) is 2.96. The molecular formula is C23H26N2O3. The van der Waals surface area contributed by atoms with Crippen LogP contribution in [-0.2, 0) is 31.0 Å². The Morgan fingerprint density at radius 2 is 1.61 bits per heavy atom. The molecule has 0 aliphatic heterocycles. The van der Waals surface area contributed by atoms with E-state index in [1.807, 2.05) is 48.5 Å². The Morgan fingerprint density at radius 3 is 2.36 bits per heavy atom. The largest absolute Gasteiger partial charge is 0.497 e. The van der Waals surface area contributed by atoms with Crippen LogP contribution in [0.25, 0.3) is 0 Å². The number of pyridine rings is 1. The SMILES string of the molecule is COCc1ccccc1CNCc1cc(OC)ccc1OCc1ccccn1. The molecule has 0 amide bonds. The average Bonchev–Trinajstić information content (AvgIpc) is 2.75. The predicted octanol–water partition coefficient (Wildman–Crippen LogP) is 4.11. The van der Waals surface area contributed by atoms with E-state index in [2.05, 4.69) is 22.4 Å². The number of methoxy groups -OCH3 is 2. The molecule has 0 unspecified atom stereocenters. The van der Waals surface area contributed by atoms with Gasteiger partial charge < -0.3 is 19.5 Å². The third-order valence-electron chi connectivity index (χ3n) is 4.42. The zero-order valence-corrected chi connectivity index (χ0v) is 16.4. The van der Waals surface area contributed by atoms with Gasteiger partial charge in [-0.25, -0.2) is 0 Å². The van der Waals surface area contributed by atoms with Gasteiger partial charge in [-0.3, -0.25) is 4.98 Å². The third kappa shape index (κ3) is 5.55. The van der Waals surface area contributed by atoms with E-state index in [1.165, 1.54) is 11.1 Å². The van der Waals surface area contributed by atoms with E-state index in [-0.39, 0.29) is 0 Å². The van der Waals surface area contributed by atoms with Crippen LogP contribution in [0.3, 0.4) is 0 Å². The summed E-state index contributed by atoms with van der Waals surface area (Å²) >= 11 is 0. The van der Waals surface area contributed by atoms with Crippen LogP contribution in [0.5, 0.6) is 11.5 Å². The lowest BCUT2D eigenvalue weighted by Crippen LogP contribution is -2.15. The fraction of sp³-hybridized carbons (Fsp3) is 0.261.